The van der Waals surface area contributed by atoms with Gasteiger partial charge in [-0.1, -0.05) is 30.3 Å². The van der Waals surface area contributed by atoms with Crippen LogP contribution in [0.5, 0.6) is 5.75 Å². The van der Waals surface area contributed by atoms with Crippen LogP contribution in [-0.4, -0.2) is 25.4 Å². The minimum Gasteiger partial charge on any atom is -0.507 e. The second kappa shape index (κ2) is 5.90. The number of aromatic hydroxyl groups is 1. The number of fused-ring (bicyclic) bond motifs is 1. The lowest BCUT2D eigenvalue weighted by molar-refractivity contribution is 0.481. The number of phenols is 1. The van der Waals surface area contributed by atoms with E-state index in [4.69, 9.17) is 0 Å². The van der Waals surface area contributed by atoms with E-state index in [1.165, 1.54) is 0 Å². The minimum absolute atomic E-state index is 0.270. The number of hydrogen-bond donors (Lipinski definition) is 1. The number of phenolic OH excluding ortho intramolecular Hbond substituents is 1. The molecule has 0 unspecified atom stereocenters. The zero-order valence-corrected chi connectivity index (χ0v) is 12.7. The zero-order chi connectivity index (χ0) is 15.5. The topological polar surface area (TPSA) is 35.8 Å². The number of aliphatic imine (C=N–C) groups is 1. The van der Waals surface area contributed by atoms with Gasteiger partial charge >= 0.3 is 0 Å². The van der Waals surface area contributed by atoms with E-state index in [1.807, 2.05) is 79.7 Å². The lowest BCUT2D eigenvalue weighted by Gasteiger charge is -2.11. The Morgan fingerprint density at radius 2 is 1.64 bits per heavy atom. The fourth-order valence-electron chi connectivity index (χ4n) is 2.36. The standard InChI is InChI=1S/C19H18N2O/c1-21(2)17-11-9-16(10-12-17)20-13-15-8-7-14-5-3-4-6-18(14)19(15)22/h3-13,22H,1-2H3. The first-order valence-electron chi connectivity index (χ1n) is 7.17. The predicted octanol–water partition coefficient (Wildman–Crippen LogP) is 4.36. The number of rotatable bonds is 3. The normalized spacial score (nSPS) is 11.2. The summed E-state index contributed by atoms with van der Waals surface area (Å²) in [5.41, 5.74) is 2.71. The molecule has 0 heterocycles. The molecule has 22 heavy (non-hydrogen) atoms. The molecule has 0 saturated carbocycles. The molecule has 3 aromatic rings. The number of nitrogens with zero attached hydrogens (tertiary/aromatic N) is 2. The molecule has 0 amide bonds. The van der Waals surface area contributed by atoms with Crippen LogP contribution < -0.4 is 4.90 Å². The van der Waals surface area contributed by atoms with Crippen molar-refractivity contribution in [2.24, 2.45) is 4.99 Å². The van der Waals surface area contributed by atoms with Gasteiger partial charge in [0.2, 0.25) is 0 Å². The van der Waals surface area contributed by atoms with Crippen molar-refractivity contribution in [1.29, 1.82) is 0 Å². The summed E-state index contributed by atoms with van der Waals surface area (Å²) in [6.45, 7) is 0. The average molecular weight is 290 g/mol. The van der Waals surface area contributed by atoms with Crippen molar-refractivity contribution >= 4 is 28.4 Å². The second-order valence-electron chi connectivity index (χ2n) is 5.39. The monoisotopic (exact) mass is 290 g/mol. The third-order valence-electron chi connectivity index (χ3n) is 3.65. The van der Waals surface area contributed by atoms with Gasteiger partial charge in [-0.15, -0.1) is 0 Å². The van der Waals surface area contributed by atoms with Gasteiger partial charge in [-0.3, -0.25) is 4.99 Å². The fourth-order valence-corrected chi connectivity index (χ4v) is 2.36. The van der Waals surface area contributed by atoms with Crippen LogP contribution in [0, 0.1) is 0 Å². The van der Waals surface area contributed by atoms with Crippen molar-refractivity contribution in [2.75, 3.05) is 19.0 Å². The summed E-state index contributed by atoms with van der Waals surface area (Å²) in [6, 6.07) is 19.6. The van der Waals surface area contributed by atoms with Gasteiger partial charge in [-0.2, -0.15) is 0 Å². The average Bonchev–Trinajstić information content (AvgIpc) is 2.55. The Morgan fingerprint density at radius 1 is 0.909 bits per heavy atom. The molecule has 0 atom stereocenters. The van der Waals surface area contributed by atoms with E-state index in [-0.39, 0.29) is 5.75 Å². The molecule has 3 heteroatoms. The molecule has 0 saturated heterocycles. The molecule has 3 aromatic carbocycles. The Bertz CT molecular complexity index is 820. The van der Waals surface area contributed by atoms with Crippen molar-refractivity contribution in [3.63, 3.8) is 0 Å². The van der Waals surface area contributed by atoms with Crippen LogP contribution in [0.2, 0.25) is 0 Å². The largest absolute Gasteiger partial charge is 0.507 e. The Kier molecular flexibility index (Phi) is 3.79. The van der Waals surface area contributed by atoms with Crippen molar-refractivity contribution in [3.8, 4) is 5.75 Å². The minimum atomic E-state index is 0.270. The predicted molar refractivity (Wildman–Crippen MR) is 93.6 cm³/mol. The van der Waals surface area contributed by atoms with Crippen molar-refractivity contribution in [3.05, 3.63) is 66.2 Å². The van der Waals surface area contributed by atoms with Gasteiger partial charge in [0, 0.05) is 36.9 Å². The Morgan fingerprint density at radius 3 is 2.36 bits per heavy atom. The van der Waals surface area contributed by atoms with E-state index in [0.717, 1.165) is 27.7 Å². The van der Waals surface area contributed by atoms with Crippen LogP contribution in [0.4, 0.5) is 11.4 Å². The second-order valence-corrected chi connectivity index (χ2v) is 5.39. The van der Waals surface area contributed by atoms with Crippen LogP contribution in [0.15, 0.2) is 65.7 Å². The fraction of sp³-hybridized carbons (Fsp3) is 0.105. The van der Waals surface area contributed by atoms with Gasteiger partial charge in [0.1, 0.15) is 5.75 Å². The van der Waals surface area contributed by atoms with Gasteiger partial charge in [0.25, 0.3) is 0 Å². The molecule has 0 fully saturated rings. The molecule has 0 aromatic heterocycles. The maximum atomic E-state index is 10.3. The highest BCUT2D eigenvalue weighted by molar-refractivity contribution is 5.97. The van der Waals surface area contributed by atoms with Gasteiger partial charge < -0.3 is 10.0 Å². The number of anilines is 1. The molecule has 0 bridgehead atoms. The third kappa shape index (κ3) is 2.79. The Labute approximate surface area is 130 Å². The van der Waals surface area contributed by atoms with Crippen LogP contribution >= 0.6 is 0 Å². The molecule has 0 spiro atoms. The van der Waals surface area contributed by atoms with Crippen LogP contribution in [0.1, 0.15) is 5.56 Å². The quantitative estimate of drug-likeness (QED) is 0.727. The molecular formula is C19H18N2O. The lowest BCUT2D eigenvalue weighted by Crippen LogP contribution is -2.07. The highest BCUT2D eigenvalue weighted by atomic mass is 16.3. The van der Waals surface area contributed by atoms with Gasteiger partial charge in [0.15, 0.2) is 0 Å². The van der Waals surface area contributed by atoms with Gasteiger partial charge in [-0.25, -0.2) is 0 Å². The van der Waals surface area contributed by atoms with E-state index < -0.39 is 0 Å². The summed E-state index contributed by atoms with van der Waals surface area (Å²) >= 11 is 0. The highest BCUT2D eigenvalue weighted by Gasteiger charge is 2.03. The van der Waals surface area contributed by atoms with Crippen LogP contribution in [-0.2, 0) is 0 Å². The first-order chi connectivity index (χ1) is 10.6. The van der Waals surface area contributed by atoms with E-state index >= 15 is 0 Å². The first kappa shape index (κ1) is 14.1. The van der Waals surface area contributed by atoms with Crippen molar-refractivity contribution in [2.45, 2.75) is 0 Å². The Hall–Kier alpha value is -2.81. The van der Waals surface area contributed by atoms with Gasteiger partial charge in [-0.05, 0) is 35.7 Å². The molecule has 0 radical (unpaired) electrons. The SMILES string of the molecule is CN(C)c1ccc(N=Cc2ccc3ccccc3c2O)cc1. The molecular weight excluding hydrogens is 272 g/mol. The summed E-state index contributed by atoms with van der Waals surface area (Å²) in [7, 11) is 4.01. The maximum Gasteiger partial charge on any atom is 0.132 e. The van der Waals surface area contributed by atoms with E-state index in [9.17, 15) is 5.11 Å². The summed E-state index contributed by atoms with van der Waals surface area (Å²) < 4.78 is 0. The highest BCUT2D eigenvalue weighted by Crippen LogP contribution is 2.28. The van der Waals surface area contributed by atoms with E-state index in [0.29, 0.717) is 0 Å². The molecule has 3 rings (SSSR count). The summed E-state index contributed by atoms with van der Waals surface area (Å²) in [5.74, 6) is 0.270. The van der Waals surface area contributed by atoms with Gasteiger partial charge in [0.05, 0.1) is 5.69 Å². The smallest absolute Gasteiger partial charge is 0.132 e. The Balaban J connectivity index is 1.90. The zero-order valence-electron chi connectivity index (χ0n) is 12.7. The van der Waals surface area contributed by atoms with Crippen LogP contribution in [0.3, 0.4) is 0 Å². The molecule has 110 valence electrons. The molecule has 0 aliphatic rings. The first-order valence-corrected chi connectivity index (χ1v) is 7.17. The third-order valence-corrected chi connectivity index (χ3v) is 3.65. The molecule has 1 N–H and O–H groups in total. The molecule has 3 nitrogen and oxygen atoms in total. The van der Waals surface area contributed by atoms with E-state index in [1.54, 1.807) is 6.21 Å². The van der Waals surface area contributed by atoms with Crippen molar-refractivity contribution < 1.29 is 5.11 Å². The van der Waals surface area contributed by atoms with Crippen molar-refractivity contribution in [1.82, 2.24) is 0 Å². The number of benzene rings is 3. The maximum absolute atomic E-state index is 10.3. The number of hydrogen-bond acceptors (Lipinski definition) is 3. The molecule has 0 aliphatic carbocycles. The van der Waals surface area contributed by atoms with Crippen LogP contribution in [0.25, 0.3) is 10.8 Å². The summed E-state index contributed by atoms with van der Waals surface area (Å²) in [4.78, 5) is 6.49. The summed E-state index contributed by atoms with van der Waals surface area (Å²) in [6.07, 6.45) is 1.70. The molecule has 0 aliphatic heterocycles. The lowest BCUT2D eigenvalue weighted by atomic mass is 10.1. The van der Waals surface area contributed by atoms with E-state index in [2.05, 4.69) is 4.99 Å². The summed E-state index contributed by atoms with van der Waals surface area (Å²) in [5, 5.41) is 12.2.